The Morgan fingerprint density at radius 2 is 0.900 bits per heavy atom. The van der Waals surface area contributed by atoms with Gasteiger partial charge in [-0.2, -0.15) is 0 Å². The van der Waals surface area contributed by atoms with Gasteiger partial charge in [-0.3, -0.25) is 14.4 Å². The summed E-state index contributed by atoms with van der Waals surface area (Å²) < 4.78 is 20.0. The molecule has 7 nitrogen and oxygen atoms in total. The first-order valence-electron chi connectivity index (χ1n) is 6.62. The maximum Gasteiger partial charge on any atom is 0.274 e. The second kappa shape index (κ2) is 10.6. The van der Waals surface area contributed by atoms with Gasteiger partial charge in [0.25, 0.3) is 17.3 Å². The highest BCUT2D eigenvalue weighted by Crippen LogP contribution is 2.04. The van der Waals surface area contributed by atoms with Crippen molar-refractivity contribution in [2.45, 2.75) is 40.3 Å². The Labute approximate surface area is 118 Å². The Bertz CT molecular complexity index is 285. The summed E-state index contributed by atoms with van der Waals surface area (Å²) in [5, 5.41) is 0. The largest absolute Gasteiger partial charge is 0.346 e. The van der Waals surface area contributed by atoms with Crippen molar-refractivity contribution in [3.63, 3.8) is 0 Å². The Hall–Kier alpha value is -1.15. The van der Waals surface area contributed by atoms with E-state index in [2.05, 4.69) is 0 Å². The second-order valence-electron chi connectivity index (χ2n) is 3.54. The highest BCUT2D eigenvalue weighted by atomic mass is 16.7. The zero-order valence-electron chi connectivity index (χ0n) is 12.3. The van der Waals surface area contributed by atoms with Gasteiger partial charge < -0.3 is 18.9 Å². The van der Waals surface area contributed by atoms with E-state index in [0.717, 1.165) is 0 Å². The average molecular weight is 290 g/mol. The number of carbonyl (C=O) groups is 3. The molecule has 0 rings (SSSR count). The zero-order valence-corrected chi connectivity index (χ0v) is 12.3. The maximum atomic E-state index is 11.8. The van der Waals surface area contributed by atoms with Crippen molar-refractivity contribution in [2.75, 3.05) is 26.4 Å². The normalized spacial score (nSPS) is 11.1. The summed E-state index contributed by atoms with van der Waals surface area (Å²) in [6.07, 6.45) is -2.74. The number of hydrogen-bond acceptors (Lipinski definition) is 7. The van der Waals surface area contributed by atoms with Crippen molar-refractivity contribution in [1.82, 2.24) is 0 Å². The average Bonchev–Trinajstić information content (AvgIpc) is 2.44. The number of ether oxygens (including phenoxy) is 4. The minimum Gasteiger partial charge on any atom is -0.346 e. The van der Waals surface area contributed by atoms with E-state index in [-0.39, 0.29) is 26.4 Å². The van der Waals surface area contributed by atoms with Crippen LogP contribution < -0.4 is 0 Å². The fourth-order valence-electron chi connectivity index (χ4n) is 1.34. The van der Waals surface area contributed by atoms with Crippen LogP contribution in [-0.4, -0.2) is 56.4 Å². The van der Waals surface area contributed by atoms with E-state index in [1.807, 2.05) is 0 Å². The molecule has 0 aromatic rings. The molecule has 0 aromatic heterocycles. The van der Waals surface area contributed by atoms with E-state index in [0.29, 0.717) is 0 Å². The summed E-state index contributed by atoms with van der Waals surface area (Å²) >= 11 is 0. The van der Waals surface area contributed by atoms with Crippen LogP contribution in [0.2, 0.25) is 0 Å². The van der Waals surface area contributed by atoms with E-state index in [1.54, 1.807) is 27.7 Å². The van der Waals surface area contributed by atoms with Crippen LogP contribution in [0.3, 0.4) is 0 Å². The predicted molar refractivity (Wildman–Crippen MR) is 69.1 cm³/mol. The van der Waals surface area contributed by atoms with Crippen LogP contribution in [0.15, 0.2) is 0 Å². The lowest BCUT2D eigenvalue weighted by atomic mass is 10.1. The molecule has 0 heterocycles. The third kappa shape index (κ3) is 5.87. The summed E-state index contributed by atoms with van der Waals surface area (Å²) in [6, 6.07) is 0. The Kier molecular flexibility index (Phi) is 10.0. The van der Waals surface area contributed by atoms with Gasteiger partial charge in [-0.05, 0) is 27.7 Å². The van der Waals surface area contributed by atoms with Crippen molar-refractivity contribution in [3.05, 3.63) is 0 Å². The minimum absolute atomic E-state index is 0.179. The van der Waals surface area contributed by atoms with Gasteiger partial charge in [-0.25, -0.2) is 0 Å². The van der Waals surface area contributed by atoms with Crippen LogP contribution >= 0.6 is 0 Å². The van der Waals surface area contributed by atoms with E-state index in [1.165, 1.54) is 0 Å². The van der Waals surface area contributed by atoms with Crippen LogP contribution in [0.1, 0.15) is 27.7 Å². The summed E-state index contributed by atoms with van der Waals surface area (Å²) in [6.45, 7) is 7.31. The Morgan fingerprint density at radius 3 is 1.10 bits per heavy atom. The molecule has 0 aromatic carbocycles. The third-order valence-corrected chi connectivity index (χ3v) is 2.15. The molecule has 0 fully saturated rings. The van der Waals surface area contributed by atoms with Gasteiger partial charge in [0.1, 0.15) is 0 Å². The Balaban J connectivity index is 4.82. The topological polar surface area (TPSA) is 88.1 Å². The van der Waals surface area contributed by atoms with Crippen molar-refractivity contribution in [1.29, 1.82) is 0 Å². The van der Waals surface area contributed by atoms with Crippen molar-refractivity contribution in [3.8, 4) is 0 Å². The molecule has 20 heavy (non-hydrogen) atoms. The molecule has 0 unspecified atom stereocenters. The van der Waals surface area contributed by atoms with Gasteiger partial charge in [0.15, 0.2) is 0 Å². The number of rotatable bonds is 12. The first-order chi connectivity index (χ1) is 9.53. The number of ketones is 3. The SMILES string of the molecule is CCOC(OCC)C(=O)C(=O)C(=O)C(OCC)OCC. The van der Waals surface area contributed by atoms with Crippen LogP contribution in [0.5, 0.6) is 0 Å². The second-order valence-corrected chi connectivity index (χ2v) is 3.54. The van der Waals surface area contributed by atoms with Crippen molar-refractivity contribution < 1.29 is 33.3 Å². The Morgan fingerprint density at radius 1 is 0.650 bits per heavy atom. The molecule has 0 amide bonds. The van der Waals surface area contributed by atoms with Crippen LogP contribution in [0.25, 0.3) is 0 Å². The minimum atomic E-state index is -1.37. The standard InChI is InChI=1S/C13H22O7/c1-5-17-12(18-6-2)10(15)9(14)11(16)13(19-7-3)20-8-4/h12-13H,5-8H2,1-4H3. The predicted octanol–water partition coefficient (Wildman–Crippen LogP) is 0.492. The lowest BCUT2D eigenvalue weighted by Gasteiger charge is -2.17. The summed E-state index contributed by atoms with van der Waals surface area (Å²) in [5.41, 5.74) is 0. The lowest BCUT2D eigenvalue weighted by Crippen LogP contribution is -2.43. The van der Waals surface area contributed by atoms with Crippen LogP contribution in [0, 0.1) is 0 Å². The molecule has 7 heteroatoms. The molecule has 0 radical (unpaired) electrons. The maximum absolute atomic E-state index is 11.8. The number of Topliss-reactive ketones (excluding diaryl/α,β-unsaturated/α-hetero) is 3. The van der Waals surface area contributed by atoms with E-state index in [9.17, 15) is 14.4 Å². The summed E-state index contributed by atoms with van der Waals surface area (Å²) in [4.78, 5) is 35.5. The first kappa shape index (κ1) is 18.9. The van der Waals surface area contributed by atoms with Gasteiger partial charge in [0.05, 0.1) is 0 Å². The van der Waals surface area contributed by atoms with Gasteiger partial charge in [-0.1, -0.05) is 0 Å². The molecule has 116 valence electrons. The van der Waals surface area contributed by atoms with E-state index in [4.69, 9.17) is 18.9 Å². The third-order valence-electron chi connectivity index (χ3n) is 2.15. The smallest absolute Gasteiger partial charge is 0.274 e. The van der Waals surface area contributed by atoms with E-state index >= 15 is 0 Å². The summed E-state index contributed by atoms with van der Waals surface area (Å²) in [5.74, 6) is -3.35. The number of hydrogen-bond donors (Lipinski definition) is 0. The fourth-order valence-corrected chi connectivity index (χ4v) is 1.34. The molecule has 0 bridgehead atoms. The van der Waals surface area contributed by atoms with Gasteiger partial charge in [0, 0.05) is 26.4 Å². The molecule has 0 saturated carbocycles. The molecule has 0 N–H and O–H groups in total. The highest BCUT2D eigenvalue weighted by molar-refractivity contribution is 6.65. The van der Waals surface area contributed by atoms with E-state index < -0.39 is 29.9 Å². The fraction of sp³-hybridized carbons (Fsp3) is 0.769. The first-order valence-corrected chi connectivity index (χ1v) is 6.62. The van der Waals surface area contributed by atoms with Gasteiger partial charge >= 0.3 is 0 Å². The van der Waals surface area contributed by atoms with Gasteiger partial charge in [0.2, 0.25) is 12.6 Å². The summed E-state index contributed by atoms with van der Waals surface area (Å²) in [7, 11) is 0. The van der Waals surface area contributed by atoms with Crippen molar-refractivity contribution >= 4 is 17.3 Å². The molecule has 0 saturated heterocycles. The van der Waals surface area contributed by atoms with Crippen LogP contribution in [0.4, 0.5) is 0 Å². The zero-order chi connectivity index (χ0) is 15.5. The monoisotopic (exact) mass is 290 g/mol. The quantitative estimate of drug-likeness (QED) is 0.293. The highest BCUT2D eigenvalue weighted by Gasteiger charge is 2.36. The number of carbonyl (C=O) groups excluding carboxylic acids is 3. The molecule has 0 aliphatic heterocycles. The molecule has 0 atom stereocenters. The van der Waals surface area contributed by atoms with Crippen molar-refractivity contribution in [2.24, 2.45) is 0 Å². The molecular weight excluding hydrogens is 268 g/mol. The molecule has 0 spiro atoms. The lowest BCUT2D eigenvalue weighted by molar-refractivity contribution is -0.181. The molecular formula is C13H22O7. The van der Waals surface area contributed by atoms with Gasteiger partial charge in [-0.15, -0.1) is 0 Å². The molecule has 0 aliphatic rings. The van der Waals surface area contributed by atoms with Crippen LogP contribution in [-0.2, 0) is 33.3 Å². The molecule has 0 aliphatic carbocycles.